The first-order valence-corrected chi connectivity index (χ1v) is 10.3. The fraction of sp³-hybridized carbons (Fsp3) is 0.0625. The summed E-state index contributed by atoms with van der Waals surface area (Å²) in [6.07, 6.45) is 0. The van der Waals surface area contributed by atoms with E-state index in [1.807, 2.05) is 18.2 Å². The van der Waals surface area contributed by atoms with Crippen LogP contribution < -0.4 is 20.9 Å². The molecule has 144 valence electrons. The first-order valence-electron chi connectivity index (χ1n) is 7.91. The fourth-order valence-corrected chi connectivity index (χ4v) is 4.02. The number of thiazole rings is 1. The highest BCUT2D eigenvalue weighted by Gasteiger charge is 2.15. The van der Waals surface area contributed by atoms with Crippen LogP contribution in [0.3, 0.4) is 0 Å². The van der Waals surface area contributed by atoms with Crippen LogP contribution in [0.25, 0.3) is 15.3 Å². The SMILES string of the molecule is COc1ccc2nc(-n3nc(Nc4cccc(S(N)(=O)=O)c4)nc3N)sc2c1. The van der Waals surface area contributed by atoms with E-state index < -0.39 is 10.0 Å². The number of nitrogen functional groups attached to an aromatic ring is 1. The number of sulfonamides is 1. The maximum Gasteiger partial charge on any atom is 0.248 e. The lowest BCUT2D eigenvalue weighted by Crippen LogP contribution is -2.12. The Labute approximate surface area is 163 Å². The highest BCUT2D eigenvalue weighted by atomic mass is 32.2. The molecule has 0 aliphatic rings. The molecule has 0 radical (unpaired) electrons. The van der Waals surface area contributed by atoms with Crippen LogP contribution in [0.5, 0.6) is 5.75 Å². The lowest BCUT2D eigenvalue weighted by molar-refractivity contribution is 0.415. The average molecular weight is 417 g/mol. The number of nitrogens with zero attached hydrogens (tertiary/aromatic N) is 4. The monoisotopic (exact) mass is 417 g/mol. The zero-order valence-electron chi connectivity index (χ0n) is 14.5. The van der Waals surface area contributed by atoms with Crippen molar-refractivity contribution in [2.75, 3.05) is 18.2 Å². The Bertz CT molecular complexity index is 1280. The molecule has 0 aliphatic carbocycles. The third-order valence-corrected chi connectivity index (χ3v) is 5.72. The Kier molecular flexibility index (Phi) is 4.37. The van der Waals surface area contributed by atoms with Crippen molar-refractivity contribution in [3.05, 3.63) is 42.5 Å². The summed E-state index contributed by atoms with van der Waals surface area (Å²) in [4.78, 5) is 8.64. The van der Waals surface area contributed by atoms with E-state index in [1.54, 1.807) is 19.2 Å². The van der Waals surface area contributed by atoms with Crippen LogP contribution in [0, 0.1) is 0 Å². The van der Waals surface area contributed by atoms with E-state index in [0.717, 1.165) is 16.0 Å². The minimum absolute atomic E-state index is 0.0231. The second kappa shape index (κ2) is 6.74. The van der Waals surface area contributed by atoms with E-state index in [4.69, 9.17) is 15.6 Å². The quantitative estimate of drug-likeness (QED) is 0.445. The van der Waals surface area contributed by atoms with Crippen LogP contribution in [0.4, 0.5) is 17.6 Å². The molecular formula is C16H15N7O3S2. The molecule has 0 atom stereocenters. The number of anilines is 3. The van der Waals surface area contributed by atoms with Gasteiger partial charge in [-0.3, -0.25) is 0 Å². The topological polar surface area (TPSA) is 151 Å². The average Bonchev–Trinajstić information content (AvgIpc) is 3.23. The molecule has 0 aliphatic heterocycles. The summed E-state index contributed by atoms with van der Waals surface area (Å²) in [5.74, 6) is 1.06. The van der Waals surface area contributed by atoms with Crippen molar-refractivity contribution in [2.45, 2.75) is 4.90 Å². The van der Waals surface area contributed by atoms with E-state index in [1.165, 1.54) is 28.2 Å². The fourth-order valence-electron chi connectivity index (χ4n) is 2.51. The van der Waals surface area contributed by atoms with Crippen molar-refractivity contribution in [1.29, 1.82) is 0 Å². The Morgan fingerprint density at radius 3 is 2.75 bits per heavy atom. The van der Waals surface area contributed by atoms with Crippen LogP contribution in [-0.4, -0.2) is 35.3 Å². The zero-order chi connectivity index (χ0) is 19.9. The minimum atomic E-state index is -3.81. The Morgan fingerprint density at radius 2 is 2.00 bits per heavy atom. The van der Waals surface area contributed by atoms with Gasteiger partial charge in [-0.1, -0.05) is 17.4 Å². The second-order valence-electron chi connectivity index (χ2n) is 5.73. The summed E-state index contributed by atoms with van der Waals surface area (Å²) in [6, 6.07) is 11.5. The molecule has 0 fully saturated rings. The number of nitrogens with two attached hydrogens (primary N) is 2. The molecule has 0 saturated carbocycles. The minimum Gasteiger partial charge on any atom is -0.497 e. The van der Waals surface area contributed by atoms with E-state index >= 15 is 0 Å². The molecule has 12 heteroatoms. The molecule has 28 heavy (non-hydrogen) atoms. The molecular weight excluding hydrogens is 402 g/mol. The number of methoxy groups -OCH3 is 1. The normalized spacial score (nSPS) is 11.6. The van der Waals surface area contributed by atoms with Crippen molar-refractivity contribution in [1.82, 2.24) is 19.7 Å². The van der Waals surface area contributed by atoms with Crippen LogP contribution in [0.2, 0.25) is 0 Å². The maximum atomic E-state index is 11.5. The smallest absolute Gasteiger partial charge is 0.248 e. The molecule has 0 bridgehead atoms. The third-order valence-electron chi connectivity index (χ3n) is 3.82. The summed E-state index contributed by atoms with van der Waals surface area (Å²) in [7, 11) is -2.21. The van der Waals surface area contributed by atoms with Gasteiger partial charge < -0.3 is 15.8 Å². The zero-order valence-corrected chi connectivity index (χ0v) is 16.2. The number of benzene rings is 2. The van der Waals surface area contributed by atoms with Crippen molar-refractivity contribution in [2.24, 2.45) is 5.14 Å². The molecule has 10 nitrogen and oxygen atoms in total. The largest absolute Gasteiger partial charge is 0.497 e. The maximum absolute atomic E-state index is 11.5. The summed E-state index contributed by atoms with van der Waals surface area (Å²) in [5.41, 5.74) is 7.22. The van der Waals surface area contributed by atoms with E-state index in [-0.39, 0.29) is 16.8 Å². The summed E-state index contributed by atoms with van der Waals surface area (Å²) >= 11 is 1.39. The number of aromatic nitrogens is 4. The van der Waals surface area contributed by atoms with Gasteiger partial charge in [0.25, 0.3) is 0 Å². The van der Waals surface area contributed by atoms with Crippen molar-refractivity contribution in [3.63, 3.8) is 0 Å². The van der Waals surface area contributed by atoms with Gasteiger partial charge in [0.1, 0.15) is 5.75 Å². The second-order valence-corrected chi connectivity index (χ2v) is 8.30. The van der Waals surface area contributed by atoms with Gasteiger partial charge in [0.15, 0.2) is 0 Å². The van der Waals surface area contributed by atoms with E-state index in [2.05, 4.69) is 20.4 Å². The number of hydrogen-bond donors (Lipinski definition) is 3. The molecule has 4 rings (SSSR count). The van der Waals surface area contributed by atoms with Crippen LogP contribution in [0.1, 0.15) is 0 Å². The molecule has 0 spiro atoms. The van der Waals surface area contributed by atoms with Crippen LogP contribution in [-0.2, 0) is 10.0 Å². The molecule has 4 aromatic rings. The van der Waals surface area contributed by atoms with E-state index in [9.17, 15) is 8.42 Å². The Hall–Kier alpha value is -3.22. The third kappa shape index (κ3) is 3.47. The molecule has 2 heterocycles. The molecule has 2 aromatic heterocycles. The number of primary sulfonamides is 1. The lowest BCUT2D eigenvalue weighted by atomic mass is 10.3. The predicted octanol–water partition coefficient (Wildman–Crippen LogP) is 1.86. The molecule has 5 N–H and O–H groups in total. The highest BCUT2D eigenvalue weighted by molar-refractivity contribution is 7.89. The predicted molar refractivity (Wildman–Crippen MR) is 107 cm³/mol. The Balaban J connectivity index is 1.66. The molecule has 0 saturated heterocycles. The van der Waals surface area contributed by atoms with Crippen molar-refractivity contribution < 1.29 is 13.2 Å². The van der Waals surface area contributed by atoms with Gasteiger partial charge in [-0.15, -0.1) is 5.10 Å². The number of fused-ring (bicyclic) bond motifs is 1. The molecule has 0 amide bonds. The van der Waals surface area contributed by atoms with Gasteiger partial charge in [-0.25, -0.2) is 18.5 Å². The van der Waals surface area contributed by atoms with Gasteiger partial charge in [-0.05, 0) is 36.4 Å². The summed E-state index contributed by atoms with van der Waals surface area (Å²) in [5, 5.41) is 12.9. The highest BCUT2D eigenvalue weighted by Crippen LogP contribution is 2.29. The van der Waals surface area contributed by atoms with Crippen molar-refractivity contribution in [3.8, 4) is 10.9 Å². The van der Waals surface area contributed by atoms with Gasteiger partial charge in [0.05, 0.1) is 22.2 Å². The van der Waals surface area contributed by atoms with Gasteiger partial charge in [0.2, 0.25) is 27.1 Å². The van der Waals surface area contributed by atoms with Crippen molar-refractivity contribution >= 4 is 49.2 Å². The number of hydrogen-bond acceptors (Lipinski definition) is 9. The standard InChI is InChI=1S/C16H15N7O3S2/c1-26-10-5-6-12-13(8-10)27-16(20-12)23-14(17)21-15(22-23)19-9-3-2-4-11(7-9)28(18,24)25/h2-8H,1H3,(H2,18,24,25)(H3,17,19,21,22). The first-order chi connectivity index (χ1) is 13.3. The summed E-state index contributed by atoms with van der Waals surface area (Å²) < 4.78 is 30.5. The van der Waals surface area contributed by atoms with Gasteiger partial charge in [-0.2, -0.15) is 9.67 Å². The molecule has 0 unspecified atom stereocenters. The Morgan fingerprint density at radius 1 is 1.18 bits per heavy atom. The first kappa shape index (κ1) is 18.2. The van der Waals surface area contributed by atoms with E-state index in [0.29, 0.717) is 10.8 Å². The number of rotatable bonds is 5. The molecule has 2 aromatic carbocycles. The van der Waals surface area contributed by atoms with Gasteiger partial charge in [0, 0.05) is 5.69 Å². The number of ether oxygens (including phenoxy) is 1. The van der Waals surface area contributed by atoms with Crippen LogP contribution in [0.15, 0.2) is 47.4 Å². The summed E-state index contributed by atoms with van der Waals surface area (Å²) in [6.45, 7) is 0. The lowest BCUT2D eigenvalue weighted by Gasteiger charge is -2.03. The van der Waals surface area contributed by atoms with Crippen LogP contribution >= 0.6 is 11.3 Å². The number of nitrogens with one attached hydrogen (secondary N) is 1. The van der Waals surface area contributed by atoms with Gasteiger partial charge >= 0.3 is 0 Å².